The van der Waals surface area contributed by atoms with Crippen LogP contribution < -0.4 is 0 Å². The van der Waals surface area contributed by atoms with Gasteiger partial charge >= 0.3 is 0 Å². The van der Waals surface area contributed by atoms with Crippen molar-refractivity contribution in [2.75, 3.05) is 13.2 Å². The third-order valence-electron chi connectivity index (χ3n) is 1.34. The number of hydrogen-bond donors (Lipinski definition) is 2. The Morgan fingerprint density at radius 2 is 2.25 bits per heavy atom. The third kappa shape index (κ3) is 2.72. The number of rotatable bonds is 3. The van der Waals surface area contributed by atoms with Gasteiger partial charge in [0.25, 0.3) is 0 Å². The van der Waals surface area contributed by atoms with Crippen molar-refractivity contribution in [1.29, 1.82) is 0 Å². The summed E-state index contributed by atoms with van der Waals surface area (Å²) in [6, 6.07) is 6.79. The quantitative estimate of drug-likeness (QED) is 0.651. The van der Waals surface area contributed by atoms with Crippen LogP contribution in [0, 0.1) is 0 Å². The minimum absolute atomic E-state index is 0.0509. The highest BCUT2D eigenvalue weighted by Gasteiger charge is 1.88. The Hall–Kier alpha value is -1.35. The molecule has 0 atom stereocenters. The molecule has 12 heavy (non-hydrogen) atoms. The summed E-state index contributed by atoms with van der Waals surface area (Å²) in [7, 11) is 0. The summed E-state index contributed by atoms with van der Waals surface area (Å²) in [6.07, 6.45) is 1.62. The standard InChI is InChI=1S/C9H11NO2/c11-5-4-10-7-8-2-1-3-9(12)6-8/h1-3,6-7,11-12H,4-5H2. The highest BCUT2D eigenvalue weighted by atomic mass is 16.3. The average Bonchev–Trinajstić information content (AvgIpc) is 2.05. The first-order valence-corrected chi connectivity index (χ1v) is 3.72. The molecule has 0 aliphatic rings. The van der Waals surface area contributed by atoms with Gasteiger partial charge in [-0.15, -0.1) is 0 Å². The van der Waals surface area contributed by atoms with Crippen LogP contribution in [0.1, 0.15) is 5.56 Å². The van der Waals surface area contributed by atoms with E-state index < -0.39 is 0 Å². The predicted molar refractivity (Wildman–Crippen MR) is 47.7 cm³/mol. The lowest BCUT2D eigenvalue weighted by atomic mass is 10.2. The molecule has 0 spiro atoms. The zero-order valence-electron chi connectivity index (χ0n) is 6.64. The molecule has 64 valence electrons. The average molecular weight is 165 g/mol. The Bertz CT molecular complexity index is 271. The van der Waals surface area contributed by atoms with Crippen LogP contribution in [0.5, 0.6) is 5.75 Å². The number of phenolic OH excluding ortho intramolecular Hbond substituents is 1. The number of benzene rings is 1. The van der Waals surface area contributed by atoms with Gasteiger partial charge < -0.3 is 10.2 Å². The Labute approximate surface area is 71.0 Å². The Morgan fingerprint density at radius 3 is 2.92 bits per heavy atom. The molecule has 0 fully saturated rings. The number of nitrogens with zero attached hydrogens (tertiary/aromatic N) is 1. The van der Waals surface area contributed by atoms with Crippen LogP contribution in [0.2, 0.25) is 0 Å². The highest BCUT2D eigenvalue weighted by Crippen LogP contribution is 2.08. The van der Waals surface area contributed by atoms with E-state index in [1.54, 1.807) is 24.4 Å². The molecule has 3 heteroatoms. The van der Waals surface area contributed by atoms with Crippen molar-refractivity contribution in [2.45, 2.75) is 0 Å². The van der Waals surface area contributed by atoms with Gasteiger partial charge in [0.2, 0.25) is 0 Å². The van der Waals surface area contributed by atoms with Crippen molar-refractivity contribution >= 4 is 6.21 Å². The van der Waals surface area contributed by atoms with E-state index in [0.29, 0.717) is 6.54 Å². The van der Waals surface area contributed by atoms with Crippen LogP contribution in [0.4, 0.5) is 0 Å². The molecule has 0 heterocycles. The van der Waals surface area contributed by atoms with Crippen LogP contribution >= 0.6 is 0 Å². The van der Waals surface area contributed by atoms with Gasteiger partial charge in [-0.05, 0) is 17.7 Å². The summed E-state index contributed by atoms with van der Waals surface area (Å²) in [5.74, 6) is 0.225. The summed E-state index contributed by atoms with van der Waals surface area (Å²) < 4.78 is 0. The highest BCUT2D eigenvalue weighted by molar-refractivity contribution is 5.80. The van der Waals surface area contributed by atoms with Gasteiger partial charge in [-0.25, -0.2) is 0 Å². The summed E-state index contributed by atoms with van der Waals surface area (Å²) >= 11 is 0. The zero-order valence-corrected chi connectivity index (χ0v) is 6.64. The first kappa shape index (κ1) is 8.74. The molecule has 0 amide bonds. The Morgan fingerprint density at radius 1 is 1.42 bits per heavy atom. The van der Waals surface area contributed by atoms with Gasteiger partial charge in [0.15, 0.2) is 0 Å². The van der Waals surface area contributed by atoms with Crippen LogP contribution in [-0.4, -0.2) is 29.6 Å². The molecule has 1 aromatic carbocycles. The molecule has 0 aromatic heterocycles. The number of aliphatic hydroxyl groups excluding tert-OH is 1. The van der Waals surface area contributed by atoms with Crippen LogP contribution in [-0.2, 0) is 0 Å². The molecule has 1 rings (SSSR count). The van der Waals surface area contributed by atoms with Crippen molar-refractivity contribution in [2.24, 2.45) is 4.99 Å². The number of aliphatic imine (C=N–C) groups is 1. The fourth-order valence-corrected chi connectivity index (χ4v) is 0.833. The minimum atomic E-state index is 0.0509. The van der Waals surface area contributed by atoms with Crippen LogP contribution in [0.25, 0.3) is 0 Å². The summed E-state index contributed by atoms with van der Waals surface area (Å²) in [4.78, 5) is 3.92. The Balaban J connectivity index is 2.63. The molecule has 0 saturated heterocycles. The maximum atomic E-state index is 9.06. The van der Waals surface area contributed by atoms with Crippen molar-refractivity contribution in [3.8, 4) is 5.75 Å². The van der Waals surface area contributed by atoms with E-state index in [9.17, 15) is 0 Å². The van der Waals surface area contributed by atoms with E-state index in [0.717, 1.165) is 5.56 Å². The van der Waals surface area contributed by atoms with Gasteiger partial charge in [-0.1, -0.05) is 12.1 Å². The monoisotopic (exact) mass is 165 g/mol. The lowest BCUT2D eigenvalue weighted by Crippen LogP contribution is -1.88. The minimum Gasteiger partial charge on any atom is -0.508 e. The maximum Gasteiger partial charge on any atom is 0.116 e. The van der Waals surface area contributed by atoms with Gasteiger partial charge in [-0.3, -0.25) is 4.99 Å². The molecule has 0 radical (unpaired) electrons. The molecule has 0 aliphatic heterocycles. The van der Waals surface area contributed by atoms with Gasteiger partial charge in [0.05, 0.1) is 13.2 Å². The first-order valence-electron chi connectivity index (χ1n) is 3.72. The summed E-state index contributed by atoms with van der Waals surface area (Å²) in [5, 5.41) is 17.5. The van der Waals surface area contributed by atoms with Crippen molar-refractivity contribution < 1.29 is 10.2 Å². The van der Waals surface area contributed by atoms with Crippen molar-refractivity contribution in [3.05, 3.63) is 29.8 Å². The van der Waals surface area contributed by atoms with Gasteiger partial charge in [0.1, 0.15) is 5.75 Å². The second-order valence-corrected chi connectivity index (χ2v) is 2.35. The second-order valence-electron chi connectivity index (χ2n) is 2.35. The fourth-order valence-electron chi connectivity index (χ4n) is 0.833. The smallest absolute Gasteiger partial charge is 0.116 e. The predicted octanol–water partition coefficient (Wildman–Crippen LogP) is 0.803. The molecule has 0 saturated carbocycles. The lowest BCUT2D eigenvalue weighted by Gasteiger charge is -1.93. The molecular weight excluding hydrogens is 154 g/mol. The third-order valence-corrected chi connectivity index (χ3v) is 1.34. The number of aromatic hydroxyl groups is 1. The largest absolute Gasteiger partial charge is 0.508 e. The van der Waals surface area contributed by atoms with Crippen molar-refractivity contribution in [1.82, 2.24) is 0 Å². The normalized spacial score (nSPS) is 10.8. The second kappa shape index (κ2) is 4.51. The molecule has 2 N–H and O–H groups in total. The maximum absolute atomic E-state index is 9.06. The van der Waals surface area contributed by atoms with Crippen molar-refractivity contribution in [3.63, 3.8) is 0 Å². The topological polar surface area (TPSA) is 52.8 Å². The fraction of sp³-hybridized carbons (Fsp3) is 0.222. The molecule has 1 aromatic rings. The van der Waals surface area contributed by atoms with Crippen LogP contribution in [0.15, 0.2) is 29.3 Å². The molecule has 0 bridgehead atoms. The van der Waals surface area contributed by atoms with Gasteiger partial charge in [-0.2, -0.15) is 0 Å². The van der Waals surface area contributed by atoms with Crippen LogP contribution in [0.3, 0.4) is 0 Å². The van der Waals surface area contributed by atoms with E-state index in [4.69, 9.17) is 10.2 Å². The molecular formula is C9H11NO2. The first-order chi connectivity index (χ1) is 5.83. The number of phenols is 1. The summed E-state index contributed by atoms with van der Waals surface area (Å²) in [6.45, 7) is 0.449. The molecule has 0 aliphatic carbocycles. The molecule has 0 unspecified atom stereocenters. The SMILES string of the molecule is OCCN=Cc1cccc(O)c1. The van der Waals surface area contributed by atoms with E-state index >= 15 is 0 Å². The van der Waals surface area contributed by atoms with Gasteiger partial charge in [0, 0.05) is 6.21 Å². The Kier molecular flexibility index (Phi) is 3.29. The van der Waals surface area contributed by atoms with E-state index in [1.807, 2.05) is 6.07 Å². The van der Waals surface area contributed by atoms with E-state index in [-0.39, 0.29) is 12.4 Å². The molecule has 3 nitrogen and oxygen atoms in total. The zero-order chi connectivity index (χ0) is 8.81. The number of hydrogen-bond acceptors (Lipinski definition) is 3. The summed E-state index contributed by atoms with van der Waals surface area (Å²) in [5.41, 5.74) is 0.837. The van der Waals surface area contributed by atoms with E-state index in [2.05, 4.69) is 4.99 Å². The number of aliphatic hydroxyl groups is 1. The van der Waals surface area contributed by atoms with E-state index in [1.165, 1.54) is 0 Å². The lowest BCUT2D eigenvalue weighted by molar-refractivity contribution is 0.307.